The number of aromatic nitrogens is 3. The third-order valence-electron chi connectivity index (χ3n) is 8.81. The average molecular weight is 608 g/mol. The molecule has 0 N–H and O–H groups in total. The lowest BCUT2D eigenvalue weighted by Crippen LogP contribution is -2.03. The van der Waals surface area contributed by atoms with Gasteiger partial charge in [0, 0.05) is 26.7 Å². The highest BCUT2D eigenvalue weighted by molar-refractivity contribution is 6.32. The lowest BCUT2D eigenvalue weighted by molar-refractivity contribution is 1.01. The van der Waals surface area contributed by atoms with Crippen LogP contribution in [0.3, 0.4) is 0 Å². The van der Waals surface area contributed by atoms with Crippen LogP contribution in [-0.2, 0) is 0 Å². The minimum atomic E-state index is 0.623. The smallest absolute Gasteiger partial charge is 0.235 e. The van der Waals surface area contributed by atoms with Crippen LogP contribution in [0.1, 0.15) is 0 Å². The normalized spacial score (nSPS) is 11.6. The van der Waals surface area contributed by atoms with E-state index in [1.807, 2.05) is 18.2 Å². The van der Waals surface area contributed by atoms with Crippen molar-refractivity contribution >= 4 is 55.1 Å². The molecule has 3 nitrogen and oxygen atoms in total. The maximum atomic E-state index is 6.57. The molecule has 4 heteroatoms. The van der Waals surface area contributed by atoms with E-state index in [-0.39, 0.29) is 0 Å². The van der Waals surface area contributed by atoms with Gasteiger partial charge >= 0.3 is 0 Å². The zero-order valence-electron chi connectivity index (χ0n) is 24.7. The van der Waals surface area contributed by atoms with Crippen molar-refractivity contribution in [3.63, 3.8) is 0 Å². The van der Waals surface area contributed by atoms with Gasteiger partial charge in [0.25, 0.3) is 0 Å². The zero-order chi connectivity index (χ0) is 30.6. The van der Waals surface area contributed by atoms with E-state index < -0.39 is 0 Å². The third kappa shape index (κ3) is 4.44. The Morgan fingerprint density at radius 1 is 0.413 bits per heavy atom. The molecule has 0 amide bonds. The molecule has 9 rings (SSSR count). The first kappa shape index (κ1) is 26.6. The summed E-state index contributed by atoms with van der Waals surface area (Å²) in [5.74, 6) is 0.623. The molecule has 0 saturated heterocycles. The van der Waals surface area contributed by atoms with Gasteiger partial charge in [-0.3, -0.25) is 4.57 Å². The summed E-state index contributed by atoms with van der Waals surface area (Å²) in [4.78, 5) is 10.6. The Bertz CT molecular complexity index is 2530. The molecule has 0 saturated carbocycles. The number of fused-ring (bicyclic) bond motifs is 5. The van der Waals surface area contributed by atoms with Crippen LogP contribution >= 0.6 is 11.6 Å². The Balaban J connectivity index is 1.36. The summed E-state index contributed by atoms with van der Waals surface area (Å²) >= 11 is 6.57. The summed E-state index contributed by atoms with van der Waals surface area (Å²) in [6, 6.07) is 55.1. The Hall–Kier alpha value is -5.77. The summed E-state index contributed by atoms with van der Waals surface area (Å²) in [6.07, 6.45) is 0. The van der Waals surface area contributed by atoms with E-state index >= 15 is 0 Å². The molecule has 0 aliphatic rings. The molecular formula is C42H26ClN3. The highest BCUT2D eigenvalue weighted by atomic mass is 35.5. The fraction of sp³-hybridized carbons (Fsp3) is 0. The van der Waals surface area contributed by atoms with E-state index in [1.165, 1.54) is 5.39 Å². The molecule has 9 aromatic rings. The maximum absolute atomic E-state index is 6.57. The quantitative estimate of drug-likeness (QED) is 0.199. The molecule has 0 aliphatic carbocycles. The first-order valence-electron chi connectivity index (χ1n) is 15.4. The Morgan fingerprint density at radius 3 is 1.72 bits per heavy atom. The summed E-state index contributed by atoms with van der Waals surface area (Å²) in [7, 11) is 0. The molecule has 2 aromatic heterocycles. The van der Waals surface area contributed by atoms with E-state index in [0.29, 0.717) is 11.0 Å². The predicted octanol–water partition coefficient (Wildman–Crippen LogP) is 11.5. The maximum Gasteiger partial charge on any atom is 0.235 e. The highest BCUT2D eigenvalue weighted by Gasteiger charge is 2.19. The number of rotatable bonds is 4. The van der Waals surface area contributed by atoms with Crippen LogP contribution in [0.15, 0.2) is 158 Å². The largest absolute Gasteiger partial charge is 0.278 e. The fourth-order valence-corrected chi connectivity index (χ4v) is 6.81. The van der Waals surface area contributed by atoms with Crippen LogP contribution < -0.4 is 0 Å². The van der Waals surface area contributed by atoms with Gasteiger partial charge in [-0.2, -0.15) is 0 Å². The van der Waals surface area contributed by atoms with Gasteiger partial charge in [-0.1, -0.05) is 115 Å². The topological polar surface area (TPSA) is 30.7 Å². The number of nitrogens with zero attached hydrogens (tertiary/aromatic N) is 3. The van der Waals surface area contributed by atoms with E-state index in [2.05, 4.69) is 144 Å². The molecule has 0 spiro atoms. The van der Waals surface area contributed by atoms with Crippen molar-refractivity contribution in [1.29, 1.82) is 0 Å². The molecule has 0 atom stereocenters. The lowest BCUT2D eigenvalue weighted by Gasteiger charge is -2.14. The van der Waals surface area contributed by atoms with E-state index in [1.54, 1.807) is 0 Å². The minimum Gasteiger partial charge on any atom is -0.278 e. The van der Waals surface area contributed by atoms with Crippen LogP contribution in [0.4, 0.5) is 0 Å². The van der Waals surface area contributed by atoms with Gasteiger partial charge in [-0.15, -0.1) is 0 Å². The molecule has 0 radical (unpaired) electrons. The van der Waals surface area contributed by atoms with Crippen LogP contribution in [0, 0.1) is 0 Å². The monoisotopic (exact) mass is 607 g/mol. The number of benzene rings is 7. The van der Waals surface area contributed by atoms with Crippen LogP contribution in [0.25, 0.3) is 82.9 Å². The molecule has 0 bridgehead atoms. The zero-order valence-corrected chi connectivity index (χ0v) is 25.5. The average Bonchev–Trinajstić information content (AvgIpc) is 3.42. The summed E-state index contributed by atoms with van der Waals surface area (Å²) in [5, 5.41) is 6.24. The number of hydrogen-bond donors (Lipinski definition) is 0. The first-order chi connectivity index (χ1) is 22.7. The van der Waals surface area contributed by atoms with E-state index in [0.717, 1.165) is 71.6 Å². The highest BCUT2D eigenvalue weighted by Crippen LogP contribution is 2.38. The molecule has 7 aromatic carbocycles. The van der Waals surface area contributed by atoms with Crippen LogP contribution in [0.5, 0.6) is 0 Å². The van der Waals surface area contributed by atoms with Gasteiger partial charge in [0.15, 0.2) is 0 Å². The second-order valence-electron chi connectivity index (χ2n) is 11.6. The third-order valence-corrected chi connectivity index (χ3v) is 9.04. The second-order valence-corrected chi connectivity index (χ2v) is 12.1. The lowest BCUT2D eigenvalue weighted by atomic mass is 9.94. The van der Waals surface area contributed by atoms with Crippen molar-refractivity contribution in [3.8, 4) is 39.5 Å². The number of para-hydroxylation sites is 1. The fourth-order valence-electron chi connectivity index (χ4n) is 6.64. The van der Waals surface area contributed by atoms with Crippen molar-refractivity contribution in [3.05, 3.63) is 163 Å². The minimum absolute atomic E-state index is 0.623. The molecular weight excluding hydrogens is 582 g/mol. The first-order valence-corrected chi connectivity index (χ1v) is 15.7. The molecule has 46 heavy (non-hydrogen) atoms. The van der Waals surface area contributed by atoms with Gasteiger partial charge < -0.3 is 0 Å². The number of hydrogen-bond acceptors (Lipinski definition) is 2. The predicted molar refractivity (Wildman–Crippen MR) is 193 cm³/mol. The standard InChI is InChI=1S/C42H26ClN3/c43-34-19-20-39-37(26-34)36-24-29-15-7-8-16-30(29)25-40(36)46(39)42-44-38-18-10-9-17-35(38)41(45-42)33-22-31(27-11-3-1-4-12-27)21-32(23-33)28-13-5-2-6-14-28/h1-26H. The van der Waals surface area contributed by atoms with Crippen LogP contribution in [-0.4, -0.2) is 14.5 Å². The Morgan fingerprint density at radius 2 is 1.00 bits per heavy atom. The van der Waals surface area contributed by atoms with Crippen molar-refractivity contribution in [1.82, 2.24) is 14.5 Å². The SMILES string of the molecule is Clc1ccc2c(c1)c1cc3ccccc3cc1n2-c1nc(-c2cc(-c3ccccc3)cc(-c3ccccc3)c2)c2ccccc2n1. The Labute approximate surface area is 271 Å². The van der Waals surface area contributed by atoms with Crippen molar-refractivity contribution in [2.45, 2.75) is 0 Å². The van der Waals surface area contributed by atoms with Crippen LogP contribution in [0.2, 0.25) is 5.02 Å². The van der Waals surface area contributed by atoms with E-state index in [9.17, 15) is 0 Å². The van der Waals surface area contributed by atoms with Crippen molar-refractivity contribution in [2.24, 2.45) is 0 Å². The van der Waals surface area contributed by atoms with Crippen molar-refractivity contribution < 1.29 is 0 Å². The Kier molecular flexibility index (Phi) is 6.19. The van der Waals surface area contributed by atoms with E-state index in [4.69, 9.17) is 21.6 Å². The van der Waals surface area contributed by atoms with Crippen molar-refractivity contribution in [2.75, 3.05) is 0 Å². The van der Waals surface area contributed by atoms with Gasteiger partial charge in [0.05, 0.1) is 22.2 Å². The molecule has 0 aliphatic heterocycles. The summed E-state index contributed by atoms with van der Waals surface area (Å²) < 4.78 is 2.18. The second kappa shape index (κ2) is 10.7. The summed E-state index contributed by atoms with van der Waals surface area (Å²) in [5.41, 5.74) is 9.46. The molecule has 0 unspecified atom stereocenters. The molecule has 0 fully saturated rings. The summed E-state index contributed by atoms with van der Waals surface area (Å²) in [6.45, 7) is 0. The van der Waals surface area contributed by atoms with Gasteiger partial charge in [-0.05, 0) is 87.6 Å². The van der Waals surface area contributed by atoms with Gasteiger partial charge in [0.2, 0.25) is 5.95 Å². The molecule has 2 heterocycles. The van der Waals surface area contributed by atoms with Gasteiger partial charge in [-0.25, -0.2) is 9.97 Å². The number of halogens is 1. The molecule has 216 valence electrons. The van der Waals surface area contributed by atoms with Gasteiger partial charge in [0.1, 0.15) is 0 Å².